The normalized spacial score (nSPS) is 14.8. The molecule has 0 fully saturated rings. The van der Waals surface area contributed by atoms with Crippen molar-refractivity contribution in [3.63, 3.8) is 0 Å². The van der Waals surface area contributed by atoms with Gasteiger partial charge in [0.2, 0.25) is 0 Å². The smallest absolute Gasteiger partial charge is 0.0735 e. The molecule has 62 heavy (non-hydrogen) atoms. The zero-order valence-corrected chi connectivity index (χ0v) is 36.5. The van der Waals surface area contributed by atoms with Gasteiger partial charge in [-0.1, -0.05) is 153 Å². The van der Waals surface area contributed by atoms with Crippen LogP contribution in [0.3, 0.4) is 0 Å². The molecule has 2 aromatic heterocycles. The largest absolute Gasteiger partial charge is 0.309 e. The fourth-order valence-corrected chi connectivity index (χ4v) is 15.0. The second-order valence-corrected chi connectivity index (χ2v) is 20.8. The third kappa shape index (κ3) is 4.49. The summed E-state index contributed by atoms with van der Waals surface area (Å²) in [4.78, 5) is 5.25. The predicted octanol–water partition coefficient (Wildman–Crippen LogP) is 17.0. The molecule has 1 spiro atoms. The molecule has 9 aromatic carbocycles. The van der Waals surface area contributed by atoms with E-state index in [1.54, 1.807) is 0 Å². The van der Waals surface area contributed by atoms with Gasteiger partial charge >= 0.3 is 0 Å². The number of fused-ring (bicyclic) bond motifs is 18. The Labute approximate surface area is 372 Å². The number of thiophene rings is 2. The number of anilines is 3. The maximum Gasteiger partial charge on any atom is 0.0735 e. The van der Waals surface area contributed by atoms with E-state index in [1.807, 2.05) is 34.4 Å². The van der Waals surface area contributed by atoms with Crippen molar-refractivity contribution < 1.29 is 0 Å². The van der Waals surface area contributed by atoms with E-state index in [0.717, 1.165) is 0 Å². The number of benzene rings is 9. The molecule has 0 unspecified atom stereocenters. The summed E-state index contributed by atoms with van der Waals surface area (Å²) in [6, 6.07) is 71.5. The quantitative estimate of drug-likeness (QED) is 0.174. The standard InChI is InChI=1S/C58H37NS3/c1-57(2)41-18-6-4-17-38(41)55-45(57)22-13-23-47(55)59(34-29-30-37-36-16-5-10-25-49(36)60-53(37)31-34)48-24-14-28-52-56(48)40-32-39-35-15-3-7-19-42(35)58(46(39)33-54(40)62-52)43-20-8-11-26-50(43)61-51-27-12-9-21-44(51)58/h3-33H,1-2H3. The van der Waals surface area contributed by atoms with Crippen LogP contribution in [0.4, 0.5) is 17.1 Å². The Bertz CT molecular complexity index is 3690. The van der Waals surface area contributed by atoms with Crippen molar-refractivity contribution in [3.05, 3.63) is 221 Å². The second-order valence-electron chi connectivity index (χ2n) is 17.5. The fourth-order valence-electron chi connectivity index (χ4n) is 11.5. The lowest BCUT2D eigenvalue weighted by Gasteiger charge is -2.39. The summed E-state index contributed by atoms with van der Waals surface area (Å²) in [5, 5.41) is 5.24. The van der Waals surface area contributed by atoms with Gasteiger partial charge in [0.1, 0.15) is 0 Å². The first-order valence-electron chi connectivity index (χ1n) is 21.4. The van der Waals surface area contributed by atoms with Gasteiger partial charge in [-0.25, -0.2) is 0 Å². The highest BCUT2D eigenvalue weighted by Crippen LogP contribution is 2.63. The van der Waals surface area contributed by atoms with E-state index in [4.69, 9.17) is 0 Å². The Balaban J connectivity index is 1.07. The van der Waals surface area contributed by atoms with E-state index >= 15 is 0 Å². The molecule has 2 aliphatic carbocycles. The Kier molecular flexibility index (Phi) is 7.14. The molecule has 4 heteroatoms. The number of hydrogen-bond acceptors (Lipinski definition) is 4. The molecule has 0 bridgehead atoms. The topological polar surface area (TPSA) is 3.24 Å². The first-order chi connectivity index (χ1) is 30.5. The molecule has 0 saturated carbocycles. The van der Waals surface area contributed by atoms with Crippen LogP contribution in [-0.4, -0.2) is 0 Å². The Morgan fingerprint density at radius 2 is 0.984 bits per heavy atom. The van der Waals surface area contributed by atoms with Crippen molar-refractivity contribution >= 4 is 91.8 Å². The maximum absolute atomic E-state index is 2.59. The summed E-state index contributed by atoms with van der Waals surface area (Å²) in [7, 11) is 0. The highest BCUT2D eigenvalue weighted by Gasteiger charge is 2.50. The lowest BCUT2D eigenvalue weighted by molar-refractivity contribution is 0.660. The van der Waals surface area contributed by atoms with E-state index in [0.29, 0.717) is 0 Å². The lowest BCUT2D eigenvalue weighted by atomic mass is 9.67. The molecule has 1 aliphatic heterocycles. The zero-order chi connectivity index (χ0) is 40.9. The average Bonchev–Trinajstić information content (AvgIpc) is 4.02. The first kappa shape index (κ1) is 35.2. The number of rotatable bonds is 3. The van der Waals surface area contributed by atoms with Crippen LogP contribution in [0.15, 0.2) is 198 Å². The summed E-state index contributed by atoms with van der Waals surface area (Å²) in [5.74, 6) is 0. The van der Waals surface area contributed by atoms with Gasteiger partial charge in [0.25, 0.3) is 0 Å². The van der Waals surface area contributed by atoms with Gasteiger partial charge in [-0.05, 0) is 111 Å². The van der Waals surface area contributed by atoms with Gasteiger partial charge in [0.05, 0.1) is 16.8 Å². The molecule has 0 N–H and O–H groups in total. The summed E-state index contributed by atoms with van der Waals surface area (Å²) in [6.07, 6.45) is 0. The van der Waals surface area contributed by atoms with Crippen molar-refractivity contribution in [2.24, 2.45) is 0 Å². The van der Waals surface area contributed by atoms with Crippen LogP contribution < -0.4 is 4.90 Å². The van der Waals surface area contributed by atoms with Crippen LogP contribution in [0.2, 0.25) is 0 Å². The molecule has 0 amide bonds. The van der Waals surface area contributed by atoms with Crippen molar-refractivity contribution in [1.29, 1.82) is 0 Å². The molecule has 0 saturated heterocycles. The highest BCUT2D eigenvalue weighted by atomic mass is 32.2. The monoisotopic (exact) mass is 843 g/mol. The first-order valence-corrected chi connectivity index (χ1v) is 23.9. The molecule has 3 aliphatic rings. The SMILES string of the molecule is CC1(C)c2ccccc2-c2c(N(c3ccc4c(c3)sc3ccccc34)c3cccc4sc5cc6c(cc5c34)-c3ccccc3C63c4ccccc4Sc4ccccc43)cccc21. The molecule has 11 aromatic rings. The number of hydrogen-bond donors (Lipinski definition) is 0. The third-order valence-electron chi connectivity index (χ3n) is 14.1. The van der Waals surface area contributed by atoms with Crippen LogP contribution >= 0.6 is 34.4 Å². The minimum absolute atomic E-state index is 0.122. The van der Waals surface area contributed by atoms with Gasteiger partial charge in [0.15, 0.2) is 0 Å². The van der Waals surface area contributed by atoms with Crippen LogP contribution in [-0.2, 0) is 10.8 Å². The summed E-state index contributed by atoms with van der Waals surface area (Å²) in [5.41, 5.74) is 16.6. The predicted molar refractivity (Wildman–Crippen MR) is 266 cm³/mol. The molecular weight excluding hydrogens is 807 g/mol. The molecule has 292 valence electrons. The lowest BCUT2D eigenvalue weighted by Crippen LogP contribution is -2.31. The van der Waals surface area contributed by atoms with Gasteiger partial charge < -0.3 is 4.90 Å². The average molecular weight is 844 g/mol. The van der Waals surface area contributed by atoms with Crippen LogP contribution in [0.25, 0.3) is 62.6 Å². The van der Waals surface area contributed by atoms with Gasteiger partial charge in [-0.2, -0.15) is 0 Å². The van der Waals surface area contributed by atoms with Gasteiger partial charge in [0, 0.05) is 66.8 Å². The van der Waals surface area contributed by atoms with E-state index in [2.05, 4.69) is 207 Å². The van der Waals surface area contributed by atoms with Crippen molar-refractivity contribution in [2.45, 2.75) is 34.5 Å². The molecule has 0 radical (unpaired) electrons. The highest BCUT2D eigenvalue weighted by molar-refractivity contribution is 7.99. The molecule has 0 atom stereocenters. The molecular formula is C58H37NS3. The molecule has 3 heterocycles. The van der Waals surface area contributed by atoms with E-state index in [9.17, 15) is 0 Å². The number of nitrogens with zero attached hydrogens (tertiary/aromatic N) is 1. The molecule has 14 rings (SSSR count). The van der Waals surface area contributed by atoms with Gasteiger partial charge in [-0.15, -0.1) is 22.7 Å². The van der Waals surface area contributed by atoms with Gasteiger partial charge in [-0.3, -0.25) is 0 Å². The minimum atomic E-state index is -0.409. The van der Waals surface area contributed by atoms with Crippen molar-refractivity contribution in [3.8, 4) is 22.3 Å². The summed E-state index contributed by atoms with van der Waals surface area (Å²) >= 11 is 5.72. The Hall–Kier alpha value is -6.43. The minimum Gasteiger partial charge on any atom is -0.309 e. The summed E-state index contributed by atoms with van der Waals surface area (Å²) in [6.45, 7) is 4.77. The van der Waals surface area contributed by atoms with E-state index < -0.39 is 5.41 Å². The molecule has 1 nitrogen and oxygen atoms in total. The zero-order valence-electron chi connectivity index (χ0n) is 34.1. The Morgan fingerprint density at radius 1 is 0.387 bits per heavy atom. The third-order valence-corrected chi connectivity index (χ3v) is 17.5. The van der Waals surface area contributed by atoms with E-state index in [-0.39, 0.29) is 5.41 Å². The Morgan fingerprint density at radius 3 is 1.81 bits per heavy atom. The summed E-state index contributed by atoms with van der Waals surface area (Å²) < 4.78 is 5.23. The van der Waals surface area contributed by atoms with E-state index in [1.165, 1.54) is 123 Å². The van der Waals surface area contributed by atoms with Crippen molar-refractivity contribution in [2.75, 3.05) is 4.90 Å². The second kappa shape index (κ2) is 12.6. The fraction of sp³-hybridized carbons (Fsp3) is 0.0690. The maximum atomic E-state index is 2.59. The van der Waals surface area contributed by atoms with Crippen molar-refractivity contribution in [1.82, 2.24) is 0 Å². The van der Waals surface area contributed by atoms with Crippen LogP contribution in [0.5, 0.6) is 0 Å². The van der Waals surface area contributed by atoms with Crippen LogP contribution in [0.1, 0.15) is 47.2 Å². The van der Waals surface area contributed by atoms with Crippen LogP contribution in [0, 0.1) is 0 Å².